The van der Waals surface area contributed by atoms with Crippen LogP contribution in [0.5, 0.6) is 0 Å². The van der Waals surface area contributed by atoms with Gasteiger partial charge < -0.3 is 16.0 Å². The van der Waals surface area contributed by atoms with E-state index in [1.54, 1.807) is 9.08 Å². The molecule has 3 N–H and O–H groups in total. The highest BCUT2D eigenvalue weighted by Gasteiger charge is 2.44. The molecule has 0 bridgehead atoms. The number of nitrogens with one attached hydrogen (secondary N) is 1. The molecule has 1 saturated heterocycles. The van der Waals surface area contributed by atoms with Crippen LogP contribution >= 0.6 is 0 Å². The summed E-state index contributed by atoms with van der Waals surface area (Å²) < 4.78 is 3.34. The molecule has 2 aliphatic rings. The topological polar surface area (TPSA) is 123 Å². The van der Waals surface area contributed by atoms with Crippen LogP contribution in [0.1, 0.15) is 34.8 Å². The third-order valence-electron chi connectivity index (χ3n) is 7.33. The lowest BCUT2D eigenvalue weighted by atomic mass is 9.88. The van der Waals surface area contributed by atoms with Gasteiger partial charge in [0.25, 0.3) is 11.5 Å². The van der Waals surface area contributed by atoms with Crippen LogP contribution in [0, 0.1) is 5.92 Å². The lowest BCUT2D eigenvalue weighted by molar-refractivity contribution is 0.0965. The third kappa shape index (κ3) is 3.23. The molecule has 0 saturated carbocycles. The molecule has 10 nitrogen and oxygen atoms in total. The largest absolute Gasteiger partial charge is 0.368 e. The second-order valence-electron chi connectivity index (χ2n) is 9.71. The molecule has 0 aliphatic carbocycles. The molecule has 10 heteroatoms. The van der Waals surface area contributed by atoms with Gasteiger partial charge in [0, 0.05) is 24.2 Å². The van der Waals surface area contributed by atoms with Crippen molar-refractivity contribution in [2.75, 3.05) is 17.2 Å². The number of anilines is 2. The van der Waals surface area contributed by atoms with Gasteiger partial charge in [-0.25, -0.2) is 9.50 Å². The first kappa shape index (κ1) is 22.2. The quantitative estimate of drug-likeness (QED) is 0.386. The molecule has 38 heavy (non-hydrogen) atoms. The summed E-state index contributed by atoms with van der Waals surface area (Å²) in [5.74, 6) is 1.05. The monoisotopic (exact) mass is 504 g/mol. The van der Waals surface area contributed by atoms with Gasteiger partial charge >= 0.3 is 0 Å². The third-order valence-corrected chi connectivity index (χ3v) is 7.33. The molecule has 1 amide bonds. The number of hydrogen-bond acceptors (Lipinski definition) is 7. The summed E-state index contributed by atoms with van der Waals surface area (Å²) >= 11 is 0. The van der Waals surface area contributed by atoms with Crippen molar-refractivity contribution < 1.29 is 4.79 Å². The predicted octanol–water partition coefficient (Wildman–Crippen LogP) is 2.97. The second kappa shape index (κ2) is 8.27. The van der Waals surface area contributed by atoms with Crippen LogP contribution < -0.4 is 21.5 Å². The highest BCUT2D eigenvalue weighted by atomic mass is 16.2. The van der Waals surface area contributed by atoms with Crippen LogP contribution in [-0.2, 0) is 6.54 Å². The number of amides is 1. The molecule has 3 aromatic heterocycles. The number of rotatable bonds is 4. The molecule has 2 aliphatic heterocycles. The molecular weight excluding hydrogens is 480 g/mol. The molecular formula is C28H24N8O2. The Hall–Kier alpha value is -4.99. The van der Waals surface area contributed by atoms with Crippen molar-refractivity contribution >= 4 is 23.2 Å². The predicted molar refractivity (Wildman–Crippen MR) is 143 cm³/mol. The fraction of sp³-hybridized carbons (Fsp3) is 0.179. The first-order chi connectivity index (χ1) is 18.5. The van der Waals surface area contributed by atoms with Gasteiger partial charge in [-0.3, -0.25) is 14.2 Å². The van der Waals surface area contributed by atoms with Crippen molar-refractivity contribution in [3.05, 3.63) is 100 Å². The van der Waals surface area contributed by atoms with E-state index in [1.807, 2.05) is 77.8 Å². The highest BCUT2D eigenvalue weighted by molar-refractivity contribution is 6.02. The van der Waals surface area contributed by atoms with Crippen molar-refractivity contribution in [3.63, 3.8) is 0 Å². The van der Waals surface area contributed by atoms with Gasteiger partial charge in [0.05, 0.1) is 24.0 Å². The number of carbonyl (C=O) groups excluding carboxylic acids is 1. The van der Waals surface area contributed by atoms with Crippen molar-refractivity contribution in [2.24, 2.45) is 5.92 Å². The normalized spacial score (nSPS) is 18.3. The van der Waals surface area contributed by atoms with E-state index in [-0.39, 0.29) is 29.4 Å². The number of benzene rings is 2. The maximum Gasteiger partial charge on any atom is 0.283 e. The summed E-state index contributed by atoms with van der Waals surface area (Å²) in [6, 6.07) is 20.9. The first-order valence-corrected chi connectivity index (χ1v) is 12.5. The number of aromatic nitrogens is 5. The lowest BCUT2D eigenvalue weighted by Gasteiger charge is -2.47. The van der Waals surface area contributed by atoms with E-state index in [1.165, 1.54) is 0 Å². The number of carbonyl (C=O) groups is 1. The van der Waals surface area contributed by atoms with Gasteiger partial charge in [-0.1, -0.05) is 55.5 Å². The van der Waals surface area contributed by atoms with Crippen molar-refractivity contribution in [1.82, 2.24) is 29.5 Å². The average Bonchev–Trinajstić information content (AvgIpc) is 3.51. The summed E-state index contributed by atoms with van der Waals surface area (Å²) in [7, 11) is 0. The van der Waals surface area contributed by atoms with Crippen molar-refractivity contribution in [2.45, 2.75) is 19.5 Å². The van der Waals surface area contributed by atoms with E-state index in [0.29, 0.717) is 47.2 Å². The Kier molecular flexibility index (Phi) is 4.84. The van der Waals surface area contributed by atoms with E-state index in [9.17, 15) is 9.59 Å². The van der Waals surface area contributed by atoms with Crippen LogP contribution in [0.25, 0.3) is 22.3 Å². The minimum absolute atomic E-state index is 0.107. The van der Waals surface area contributed by atoms with Gasteiger partial charge in [-0.05, 0) is 23.8 Å². The Balaban J connectivity index is 1.46. The van der Waals surface area contributed by atoms with Crippen molar-refractivity contribution in [1.29, 1.82) is 0 Å². The van der Waals surface area contributed by atoms with Gasteiger partial charge in [-0.2, -0.15) is 10.1 Å². The first-order valence-electron chi connectivity index (χ1n) is 12.5. The maximum absolute atomic E-state index is 14.3. The summed E-state index contributed by atoms with van der Waals surface area (Å²) in [5, 5.41) is 7.82. The summed E-state index contributed by atoms with van der Waals surface area (Å²) in [5.41, 5.74) is 9.83. The SMILES string of the molecule is C[C@H]1CN(c2nc(N)nc3c2C(=O)NC3)[C@@H]1c1nn2ccc(-c3ccccc3)c2c(=O)n1-c1ccccc1. The molecule has 0 unspecified atom stereocenters. The zero-order chi connectivity index (χ0) is 26.0. The molecule has 0 spiro atoms. The Morgan fingerprint density at radius 2 is 1.71 bits per heavy atom. The molecule has 2 aromatic carbocycles. The van der Waals surface area contributed by atoms with Gasteiger partial charge in [-0.15, -0.1) is 0 Å². The summed E-state index contributed by atoms with van der Waals surface area (Å²) in [4.78, 5) is 37.7. The lowest BCUT2D eigenvalue weighted by Crippen LogP contribution is -2.52. The van der Waals surface area contributed by atoms with Crippen LogP contribution in [0.4, 0.5) is 11.8 Å². The standard InChI is InChI=1S/C28H24N8O2/c1-16-15-34(24-21-20(14-30-26(21)37)31-28(29)32-24)22(16)25-33-35-13-12-19(17-8-4-2-5-9-17)23(35)27(38)36(25)18-10-6-3-7-11-18/h2-13,16,22H,14-15H2,1H3,(H,30,37)(H2,29,31,32)/t16-,22-/m0/s1. The Morgan fingerprint density at radius 1 is 0.974 bits per heavy atom. The van der Waals surface area contributed by atoms with Crippen LogP contribution in [0.3, 0.4) is 0 Å². The summed E-state index contributed by atoms with van der Waals surface area (Å²) in [6.45, 7) is 3.04. The smallest absolute Gasteiger partial charge is 0.283 e. The molecule has 5 aromatic rings. The number of nitrogens with two attached hydrogens (primary N) is 1. The minimum Gasteiger partial charge on any atom is -0.368 e. The number of para-hydroxylation sites is 1. The average molecular weight is 505 g/mol. The van der Waals surface area contributed by atoms with E-state index in [0.717, 1.165) is 11.1 Å². The van der Waals surface area contributed by atoms with Gasteiger partial charge in [0.2, 0.25) is 5.95 Å². The molecule has 188 valence electrons. The van der Waals surface area contributed by atoms with E-state index in [4.69, 9.17) is 10.8 Å². The van der Waals surface area contributed by atoms with Crippen LogP contribution in [0.15, 0.2) is 77.7 Å². The highest BCUT2D eigenvalue weighted by Crippen LogP contribution is 2.43. The molecule has 0 radical (unpaired) electrons. The minimum atomic E-state index is -0.318. The zero-order valence-corrected chi connectivity index (χ0v) is 20.6. The van der Waals surface area contributed by atoms with Gasteiger partial charge in [0.15, 0.2) is 5.82 Å². The Bertz CT molecular complexity index is 1780. The number of fused-ring (bicyclic) bond motifs is 2. The number of hydrogen-bond donors (Lipinski definition) is 2. The van der Waals surface area contributed by atoms with E-state index < -0.39 is 0 Å². The number of nitrogen functional groups attached to an aromatic ring is 1. The Labute approximate surface area is 217 Å². The van der Waals surface area contributed by atoms with Gasteiger partial charge in [0.1, 0.15) is 16.9 Å². The number of nitrogens with zero attached hydrogens (tertiary/aromatic N) is 6. The molecule has 2 atom stereocenters. The zero-order valence-electron chi connectivity index (χ0n) is 20.6. The van der Waals surface area contributed by atoms with Crippen LogP contribution in [-0.4, -0.2) is 36.6 Å². The second-order valence-corrected chi connectivity index (χ2v) is 9.71. The molecule has 5 heterocycles. The Morgan fingerprint density at radius 3 is 2.45 bits per heavy atom. The van der Waals surface area contributed by atoms with Crippen LogP contribution in [0.2, 0.25) is 0 Å². The van der Waals surface area contributed by atoms with Crippen molar-refractivity contribution in [3.8, 4) is 16.8 Å². The molecule has 1 fully saturated rings. The maximum atomic E-state index is 14.3. The summed E-state index contributed by atoms with van der Waals surface area (Å²) in [6.07, 6.45) is 1.82. The molecule has 7 rings (SSSR count). The fourth-order valence-corrected chi connectivity index (χ4v) is 5.59. The fourth-order valence-electron chi connectivity index (χ4n) is 5.59. The van der Waals surface area contributed by atoms with E-state index in [2.05, 4.69) is 22.2 Å². The van der Waals surface area contributed by atoms with E-state index >= 15 is 0 Å².